The largest absolute Gasteiger partial charge is 0.453 e. The normalized spacial score (nSPS) is 16.8. The standard InChI is InChI=1S/C30H41BN4O5/c1-18(2)25(34-28(37)39-7)27(36)35-16-8-9-24(35)26-32-22-15-12-20(17-23(22)33-26)19-10-13-21(14-11-19)31-40-30(5,6)29(3,4)38/h10-15,17-18,24-25,31,38H,8-9,16H2,1-7H3,(H,32,33)(H,34,37)/t24-,25-/m0/s1. The number of benzene rings is 2. The van der Waals surface area contributed by atoms with Crippen LogP contribution in [-0.4, -0.2) is 70.4 Å². The lowest BCUT2D eigenvalue weighted by Gasteiger charge is -2.37. The molecule has 1 aromatic heterocycles. The summed E-state index contributed by atoms with van der Waals surface area (Å²) in [6, 6.07) is 13.5. The number of nitrogens with zero attached hydrogens (tertiary/aromatic N) is 2. The molecule has 9 nitrogen and oxygen atoms in total. The van der Waals surface area contributed by atoms with Gasteiger partial charge in [-0.05, 0) is 69.7 Å². The van der Waals surface area contributed by atoms with Crippen molar-refractivity contribution < 1.29 is 24.1 Å². The van der Waals surface area contributed by atoms with Gasteiger partial charge in [-0.15, -0.1) is 0 Å². The van der Waals surface area contributed by atoms with Crippen molar-refractivity contribution >= 4 is 36.0 Å². The summed E-state index contributed by atoms with van der Waals surface area (Å²) in [6.45, 7) is 11.7. The number of hydrogen-bond acceptors (Lipinski definition) is 6. The van der Waals surface area contributed by atoms with Gasteiger partial charge in [-0.3, -0.25) is 4.79 Å². The molecule has 1 aliphatic rings. The second-order valence-electron chi connectivity index (χ2n) is 12.0. The van der Waals surface area contributed by atoms with Crippen LogP contribution in [0.25, 0.3) is 22.2 Å². The van der Waals surface area contributed by atoms with Crippen molar-refractivity contribution in [3.05, 3.63) is 48.3 Å². The third kappa shape index (κ3) is 6.34. The Kier molecular flexibility index (Phi) is 8.61. The van der Waals surface area contributed by atoms with Gasteiger partial charge in [0, 0.05) is 6.54 Å². The maximum absolute atomic E-state index is 13.4. The van der Waals surface area contributed by atoms with Crippen molar-refractivity contribution in [2.75, 3.05) is 13.7 Å². The van der Waals surface area contributed by atoms with Crippen LogP contribution in [0.3, 0.4) is 0 Å². The third-order valence-corrected chi connectivity index (χ3v) is 8.10. The van der Waals surface area contributed by atoms with Crippen molar-refractivity contribution in [3.63, 3.8) is 0 Å². The van der Waals surface area contributed by atoms with Gasteiger partial charge in [0.15, 0.2) is 0 Å². The first-order valence-corrected chi connectivity index (χ1v) is 13.9. The van der Waals surface area contributed by atoms with Gasteiger partial charge in [-0.25, -0.2) is 9.78 Å². The fraction of sp³-hybridized carbons (Fsp3) is 0.500. The summed E-state index contributed by atoms with van der Waals surface area (Å²) in [4.78, 5) is 35.4. The second kappa shape index (κ2) is 11.6. The lowest BCUT2D eigenvalue weighted by atomic mass is 9.82. The summed E-state index contributed by atoms with van der Waals surface area (Å²) in [5.41, 5.74) is 3.25. The number of methoxy groups -OCH3 is 1. The summed E-state index contributed by atoms with van der Waals surface area (Å²) < 4.78 is 10.7. The molecule has 0 bridgehead atoms. The number of alkyl carbamates (subject to hydrolysis) is 1. The lowest BCUT2D eigenvalue weighted by molar-refractivity contribution is -0.135. The zero-order valence-electron chi connectivity index (χ0n) is 24.6. The van der Waals surface area contributed by atoms with E-state index in [1.54, 1.807) is 13.8 Å². The molecule has 1 saturated heterocycles. The Labute approximate surface area is 236 Å². The van der Waals surface area contributed by atoms with Gasteiger partial charge in [0.25, 0.3) is 0 Å². The Morgan fingerprint density at radius 3 is 2.42 bits per heavy atom. The number of ether oxygens (including phenoxy) is 1. The van der Waals surface area contributed by atoms with Crippen LogP contribution in [0, 0.1) is 5.92 Å². The van der Waals surface area contributed by atoms with Crippen molar-refractivity contribution in [2.45, 2.75) is 77.7 Å². The summed E-state index contributed by atoms with van der Waals surface area (Å²) in [7, 11) is 1.70. The maximum atomic E-state index is 13.4. The van der Waals surface area contributed by atoms with Crippen molar-refractivity contribution in [1.29, 1.82) is 0 Å². The molecule has 0 aliphatic carbocycles. The number of likely N-dealkylation sites (tertiary alicyclic amines) is 1. The number of aromatic amines is 1. The number of aromatic nitrogens is 2. The molecule has 2 aromatic carbocycles. The molecule has 1 fully saturated rings. The third-order valence-electron chi connectivity index (χ3n) is 8.10. The Morgan fingerprint density at radius 2 is 1.80 bits per heavy atom. The molecule has 3 N–H and O–H groups in total. The molecular weight excluding hydrogens is 507 g/mol. The van der Waals surface area contributed by atoms with Crippen LogP contribution in [0.5, 0.6) is 0 Å². The van der Waals surface area contributed by atoms with Crippen LogP contribution in [-0.2, 0) is 14.2 Å². The smallest absolute Gasteiger partial charge is 0.407 e. The number of carbonyl (C=O) groups excluding carboxylic acids is 2. The quantitative estimate of drug-likeness (QED) is 0.350. The van der Waals surface area contributed by atoms with E-state index in [1.165, 1.54) is 7.11 Å². The van der Waals surface area contributed by atoms with Gasteiger partial charge in [-0.1, -0.05) is 49.6 Å². The van der Waals surface area contributed by atoms with E-state index in [0.29, 0.717) is 14.0 Å². The summed E-state index contributed by atoms with van der Waals surface area (Å²) in [5.74, 6) is 0.539. The predicted molar refractivity (Wildman–Crippen MR) is 158 cm³/mol. The minimum absolute atomic E-state index is 0.0861. The highest BCUT2D eigenvalue weighted by molar-refractivity contribution is 6.47. The van der Waals surface area contributed by atoms with E-state index in [2.05, 4.69) is 28.5 Å². The van der Waals surface area contributed by atoms with E-state index in [9.17, 15) is 14.7 Å². The first-order valence-electron chi connectivity index (χ1n) is 13.9. The first-order chi connectivity index (χ1) is 18.8. The van der Waals surface area contributed by atoms with Crippen LogP contribution in [0.15, 0.2) is 42.5 Å². The molecule has 40 heavy (non-hydrogen) atoms. The van der Waals surface area contributed by atoms with Crippen molar-refractivity contribution in [2.24, 2.45) is 5.92 Å². The molecule has 0 saturated carbocycles. The Bertz CT molecular complexity index is 1350. The fourth-order valence-corrected chi connectivity index (χ4v) is 4.79. The van der Waals surface area contributed by atoms with Crippen LogP contribution in [0.4, 0.5) is 4.79 Å². The van der Waals surface area contributed by atoms with Crippen LogP contribution in [0.2, 0.25) is 0 Å². The van der Waals surface area contributed by atoms with Gasteiger partial charge >= 0.3 is 13.6 Å². The number of aliphatic hydroxyl groups is 1. The average Bonchev–Trinajstić information content (AvgIpc) is 3.56. The summed E-state index contributed by atoms with van der Waals surface area (Å²) >= 11 is 0. The highest BCUT2D eigenvalue weighted by Gasteiger charge is 2.38. The Hall–Kier alpha value is -3.37. The maximum Gasteiger partial charge on any atom is 0.407 e. The molecule has 4 rings (SSSR count). The average molecular weight is 548 g/mol. The number of amides is 2. The molecule has 1 aliphatic heterocycles. The SMILES string of the molecule is COC(=O)N[C@H](C(=O)N1CCC[C@H]1c1nc2ccc(-c3ccc(BOC(C)(C)C(C)(C)O)cc3)cc2[nH]1)C(C)C. The summed E-state index contributed by atoms with van der Waals surface area (Å²) in [6.07, 6.45) is 1.05. The molecule has 214 valence electrons. The van der Waals surface area contributed by atoms with Crippen LogP contribution < -0.4 is 10.8 Å². The van der Waals surface area contributed by atoms with E-state index < -0.39 is 23.3 Å². The highest BCUT2D eigenvalue weighted by atomic mass is 16.5. The molecule has 0 radical (unpaired) electrons. The van der Waals surface area contributed by atoms with Crippen LogP contribution in [0.1, 0.15) is 66.3 Å². The van der Waals surface area contributed by atoms with E-state index in [-0.39, 0.29) is 17.9 Å². The number of carbonyl (C=O) groups is 2. The number of hydrogen-bond donors (Lipinski definition) is 3. The number of imidazole rings is 1. The molecule has 2 amide bonds. The van der Waals surface area contributed by atoms with Gasteiger partial charge in [0.2, 0.25) is 5.91 Å². The number of rotatable bonds is 9. The van der Waals surface area contributed by atoms with E-state index in [1.807, 2.05) is 56.9 Å². The van der Waals surface area contributed by atoms with Gasteiger partial charge < -0.3 is 29.7 Å². The second-order valence-corrected chi connectivity index (χ2v) is 12.0. The van der Waals surface area contributed by atoms with Gasteiger partial charge in [0.05, 0.1) is 35.4 Å². The van der Waals surface area contributed by atoms with Crippen LogP contribution >= 0.6 is 0 Å². The molecule has 3 aromatic rings. The molecule has 0 unspecified atom stereocenters. The molecule has 2 heterocycles. The Balaban J connectivity index is 1.50. The number of fused-ring (bicyclic) bond motifs is 1. The summed E-state index contributed by atoms with van der Waals surface area (Å²) in [5, 5.41) is 13.0. The predicted octanol–water partition coefficient (Wildman–Crippen LogP) is 3.82. The minimum Gasteiger partial charge on any atom is -0.453 e. The number of H-pyrrole nitrogens is 1. The van der Waals surface area contributed by atoms with E-state index >= 15 is 0 Å². The molecule has 0 spiro atoms. The molecule has 10 heteroatoms. The Morgan fingerprint density at radius 1 is 1.12 bits per heavy atom. The van der Waals surface area contributed by atoms with Crippen molar-refractivity contribution in [3.8, 4) is 11.1 Å². The van der Waals surface area contributed by atoms with E-state index in [0.717, 1.165) is 46.3 Å². The van der Waals surface area contributed by atoms with E-state index in [4.69, 9.17) is 14.4 Å². The fourth-order valence-electron chi connectivity index (χ4n) is 4.79. The number of nitrogens with one attached hydrogen (secondary N) is 2. The minimum atomic E-state index is -0.954. The topological polar surface area (TPSA) is 117 Å². The van der Waals surface area contributed by atoms with Gasteiger partial charge in [-0.2, -0.15) is 0 Å². The monoisotopic (exact) mass is 548 g/mol. The zero-order valence-corrected chi connectivity index (χ0v) is 24.6. The molecular formula is C30H41BN4O5. The van der Waals surface area contributed by atoms with Gasteiger partial charge in [0.1, 0.15) is 11.9 Å². The molecule has 2 atom stereocenters. The highest BCUT2D eigenvalue weighted by Crippen LogP contribution is 2.33. The first kappa shape index (κ1) is 29.6. The zero-order chi connectivity index (χ0) is 29.2. The lowest BCUT2D eigenvalue weighted by Crippen LogP contribution is -2.51. The van der Waals surface area contributed by atoms with Crippen molar-refractivity contribution in [1.82, 2.24) is 20.2 Å².